The lowest BCUT2D eigenvalue weighted by Gasteiger charge is -2.35. The normalized spacial score (nSPS) is 23.1. The van der Waals surface area contributed by atoms with Gasteiger partial charge in [-0.1, -0.05) is 55.4 Å². The molecule has 1 atom stereocenters. The highest BCUT2D eigenvalue weighted by Crippen LogP contribution is 2.40. The molecule has 0 radical (unpaired) electrons. The molecular weight excluding hydrogens is 288 g/mol. The van der Waals surface area contributed by atoms with Crippen molar-refractivity contribution < 1.29 is 15.0 Å². The van der Waals surface area contributed by atoms with Gasteiger partial charge in [-0.3, -0.25) is 0 Å². The Hall–Kier alpha value is -1.87. The van der Waals surface area contributed by atoms with Crippen molar-refractivity contribution in [1.29, 1.82) is 0 Å². The molecule has 0 aromatic rings. The number of hydrogen-bond acceptors (Lipinski definition) is 2. The van der Waals surface area contributed by atoms with Crippen LogP contribution in [0.2, 0.25) is 0 Å². The SMILES string of the molecule is CC1=C(/C=C/C(C)=C/C=C/C(C)=C\C(=O)O)C(C)(C)C[C@@H](O)C1. The number of carboxylic acid groups (broad SMARTS) is 1. The number of carboxylic acids is 1. The summed E-state index contributed by atoms with van der Waals surface area (Å²) < 4.78 is 0. The lowest BCUT2D eigenvalue weighted by Crippen LogP contribution is -2.28. The van der Waals surface area contributed by atoms with Gasteiger partial charge in [0.15, 0.2) is 0 Å². The maximum Gasteiger partial charge on any atom is 0.328 e. The smallest absolute Gasteiger partial charge is 0.328 e. The molecular formula is C20H28O3. The quantitative estimate of drug-likeness (QED) is 0.577. The average Bonchev–Trinajstić information content (AvgIpc) is 2.35. The van der Waals surface area contributed by atoms with Crippen LogP contribution < -0.4 is 0 Å². The summed E-state index contributed by atoms with van der Waals surface area (Å²) in [4.78, 5) is 10.5. The van der Waals surface area contributed by atoms with Crippen molar-refractivity contribution in [2.75, 3.05) is 0 Å². The van der Waals surface area contributed by atoms with Gasteiger partial charge in [-0.2, -0.15) is 0 Å². The van der Waals surface area contributed by atoms with Crippen molar-refractivity contribution in [3.8, 4) is 0 Å². The van der Waals surface area contributed by atoms with E-state index in [9.17, 15) is 9.90 Å². The molecule has 0 amide bonds. The molecule has 0 fully saturated rings. The Kier molecular flexibility index (Phi) is 6.77. The van der Waals surface area contributed by atoms with Crippen LogP contribution in [0.1, 0.15) is 47.5 Å². The van der Waals surface area contributed by atoms with E-state index in [0.29, 0.717) is 5.57 Å². The number of aliphatic carboxylic acids is 1. The van der Waals surface area contributed by atoms with Gasteiger partial charge in [0.2, 0.25) is 0 Å². The summed E-state index contributed by atoms with van der Waals surface area (Å²) in [5.74, 6) is -0.933. The highest BCUT2D eigenvalue weighted by Gasteiger charge is 2.31. The van der Waals surface area contributed by atoms with Crippen LogP contribution >= 0.6 is 0 Å². The Morgan fingerprint density at radius 1 is 1.22 bits per heavy atom. The van der Waals surface area contributed by atoms with Crippen molar-refractivity contribution in [3.05, 3.63) is 58.7 Å². The topological polar surface area (TPSA) is 57.5 Å². The van der Waals surface area contributed by atoms with E-state index in [2.05, 4.69) is 32.9 Å². The van der Waals surface area contributed by atoms with Crippen molar-refractivity contribution in [1.82, 2.24) is 0 Å². The van der Waals surface area contributed by atoms with Gasteiger partial charge < -0.3 is 10.2 Å². The largest absolute Gasteiger partial charge is 0.478 e. The minimum absolute atomic E-state index is 0.0187. The molecule has 0 aromatic carbocycles. The molecule has 1 aliphatic rings. The van der Waals surface area contributed by atoms with E-state index in [1.807, 2.05) is 19.1 Å². The first-order chi connectivity index (χ1) is 10.6. The standard InChI is InChI=1S/C20H28O3/c1-14(7-6-8-15(2)11-19(22)23)9-10-18-16(3)12-17(21)13-20(18,4)5/h6-11,17,21H,12-13H2,1-5H3,(H,22,23)/b8-6+,10-9+,14-7+,15-11-/t17-/m0/s1. The van der Waals surface area contributed by atoms with Crippen LogP contribution in [0.15, 0.2) is 58.7 Å². The molecule has 0 spiro atoms. The van der Waals surface area contributed by atoms with Crippen LogP contribution in [-0.2, 0) is 4.79 Å². The van der Waals surface area contributed by atoms with E-state index in [1.165, 1.54) is 17.2 Å². The Balaban J connectivity index is 2.84. The number of aliphatic hydroxyl groups excluding tert-OH is 1. The number of rotatable bonds is 5. The molecule has 3 heteroatoms. The lowest BCUT2D eigenvalue weighted by molar-refractivity contribution is -0.131. The molecule has 3 nitrogen and oxygen atoms in total. The molecule has 0 aliphatic heterocycles. The fourth-order valence-electron chi connectivity index (χ4n) is 3.04. The molecule has 2 N–H and O–H groups in total. The third-order valence-corrected chi connectivity index (χ3v) is 4.06. The van der Waals surface area contributed by atoms with Gasteiger partial charge in [-0.05, 0) is 50.2 Å². The van der Waals surface area contributed by atoms with Gasteiger partial charge >= 0.3 is 5.97 Å². The second-order valence-electron chi connectivity index (χ2n) is 6.97. The summed E-state index contributed by atoms with van der Waals surface area (Å²) in [6.07, 6.45) is 12.2. The van der Waals surface area contributed by atoms with Crippen molar-refractivity contribution >= 4 is 5.97 Å². The van der Waals surface area contributed by atoms with Crippen LogP contribution in [0.4, 0.5) is 0 Å². The van der Waals surface area contributed by atoms with Crippen LogP contribution in [0.25, 0.3) is 0 Å². The predicted molar refractivity (Wildman–Crippen MR) is 95.2 cm³/mol. The molecule has 126 valence electrons. The van der Waals surface area contributed by atoms with E-state index in [1.54, 1.807) is 13.0 Å². The molecule has 0 heterocycles. The Bertz CT molecular complexity index is 598. The second kappa shape index (κ2) is 8.11. The molecule has 0 unspecified atom stereocenters. The van der Waals surface area contributed by atoms with Crippen molar-refractivity contribution in [2.45, 2.75) is 53.6 Å². The first-order valence-electron chi connectivity index (χ1n) is 7.94. The van der Waals surface area contributed by atoms with Gasteiger partial charge in [-0.25, -0.2) is 4.79 Å². The summed E-state index contributed by atoms with van der Waals surface area (Å²) >= 11 is 0. The second-order valence-corrected chi connectivity index (χ2v) is 6.97. The Morgan fingerprint density at radius 2 is 1.87 bits per heavy atom. The summed E-state index contributed by atoms with van der Waals surface area (Å²) in [5.41, 5.74) is 4.31. The third kappa shape index (κ3) is 6.41. The first kappa shape index (κ1) is 19.2. The van der Waals surface area contributed by atoms with Gasteiger partial charge in [-0.15, -0.1) is 0 Å². The van der Waals surface area contributed by atoms with Crippen LogP contribution in [-0.4, -0.2) is 22.3 Å². The number of hydrogen-bond donors (Lipinski definition) is 2. The van der Waals surface area contributed by atoms with E-state index < -0.39 is 5.97 Å². The number of allylic oxidation sites excluding steroid dienone is 8. The highest BCUT2D eigenvalue weighted by molar-refractivity contribution is 5.81. The highest BCUT2D eigenvalue weighted by atomic mass is 16.4. The summed E-state index contributed by atoms with van der Waals surface area (Å²) in [7, 11) is 0. The summed E-state index contributed by atoms with van der Waals surface area (Å²) in [6, 6.07) is 0. The molecule has 0 saturated carbocycles. The van der Waals surface area contributed by atoms with Crippen LogP contribution in [0.5, 0.6) is 0 Å². The number of carbonyl (C=O) groups is 1. The van der Waals surface area contributed by atoms with Gasteiger partial charge in [0.25, 0.3) is 0 Å². The van der Waals surface area contributed by atoms with Crippen LogP contribution in [0.3, 0.4) is 0 Å². The zero-order chi connectivity index (χ0) is 17.6. The zero-order valence-corrected chi connectivity index (χ0v) is 14.8. The average molecular weight is 316 g/mol. The monoisotopic (exact) mass is 316 g/mol. The van der Waals surface area contributed by atoms with E-state index in [0.717, 1.165) is 18.4 Å². The minimum Gasteiger partial charge on any atom is -0.478 e. The third-order valence-electron chi connectivity index (χ3n) is 4.06. The molecule has 23 heavy (non-hydrogen) atoms. The fraction of sp³-hybridized carbons (Fsp3) is 0.450. The lowest BCUT2D eigenvalue weighted by atomic mass is 9.71. The maximum absolute atomic E-state index is 10.5. The minimum atomic E-state index is -0.933. The zero-order valence-electron chi connectivity index (χ0n) is 14.8. The Morgan fingerprint density at radius 3 is 2.43 bits per heavy atom. The van der Waals surface area contributed by atoms with Crippen molar-refractivity contribution in [3.63, 3.8) is 0 Å². The fourth-order valence-corrected chi connectivity index (χ4v) is 3.04. The predicted octanol–water partition coefficient (Wildman–Crippen LogP) is 4.57. The maximum atomic E-state index is 10.5. The Labute approximate surface area is 139 Å². The van der Waals surface area contributed by atoms with E-state index in [4.69, 9.17) is 5.11 Å². The molecule has 0 aromatic heterocycles. The van der Waals surface area contributed by atoms with Crippen LogP contribution in [0, 0.1) is 5.41 Å². The van der Waals surface area contributed by atoms with Gasteiger partial charge in [0.1, 0.15) is 0 Å². The van der Waals surface area contributed by atoms with Gasteiger partial charge in [0, 0.05) is 6.08 Å². The van der Waals surface area contributed by atoms with Crippen molar-refractivity contribution in [2.24, 2.45) is 5.41 Å². The molecule has 1 rings (SSSR count). The van der Waals surface area contributed by atoms with Gasteiger partial charge in [0.05, 0.1) is 6.10 Å². The summed E-state index contributed by atoms with van der Waals surface area (Å²) in [5, 5.41) is 18.6. The molecule has 0 bridgehead atoms. The van der Waals surface area contributed by atoms with E-state index >= 15 is 0 Å². The number of aliphatic hydroxyl groups is 1. The molecule has 1 aliphatic carbocycles. The first-order valence-corrected chi connectivity index (χ1v) is 7.94. The van der Waals surface area contributed by atoms with E-state index in [-0.39, 0.29) is 11.5 Å². The summed E-state index contributed by atoms with van der Waals surface area (Å²) in [6.45, 7) is 10.2. The molecule has 0 saturated heterocycles.